The van der Waals surface area contributed by atoms with Crippen LogP contribution in [0.5, 0.6) is 5.75 Å². The zero-order chi connectivity index (χ0) is 37.2. The highest BCUT2D eigenvalue weighted by Gasteiger charge is 2.44. The molecule has 4 rings (SSSR count). The second-order valence-electron chi connectivity index (χ2n) is 15.1. The van der Waals surface area contributed by atoms with Gasteiger partial charge in [-0.05, 0) is 68.7 Å². The van der Waals surface area contributed by atoms with Crippen LogP contribution < -0.4 is 9.08 Å². The number of hydrogen-bond donors (Lipinski definition) is 0. The summed E-state index contributed by atoms with van der Waals surface area (Å²) in [4.78, 5) is 2.76. The SMILES string of the molecule is CCCCCCCN1C(=CC=CC=CC=CC2=[N+](CCCCCCC)c3ccc(OS(C)=O)cc3C2(C)C)C(C)(C)c2cc(S(C)(=O)=O)ccc21. The number of hydrogen-bond acceptors (Lipinski definition) is 5. The van der Waals surface area contributed by atoms with E-state index >= 15 is 0 Å². The lowest BCUT2D eigenvalue weighted by atomic mass is 9.81. The van der Waals surface area contributed by atoms with Gasteiger partial charge in [0.25, 0.3) is 0 Å². The van der Waals surface area contributed by atoms with Crippen LogP contribution in [-0.2, 0) is 31.7 Å². The van der Waals surface area contributed by atoms with Crippen LogP contribution in [0.2, 0.25) is 0 Å². The second kappa shape index (κ2) is 18.0. The van der Waals surface area contributed by atoms with Gasteiger partial charge in [-0.3, -0.25) is 0 Å². The Bertz CT molecular complexity index is 1810. The van der Waals surface area contributed by atoms with Crippen LogP contribution in [0.4, 0.5) is 11.4 Å². The first kappa shape index (κ1) is 40.5. The van der Waals surface area contributed by atoms with E-state index in [1.54, 1.807) is 12.3 Å². The number of fused-ring (bicyclic) bond motifs is 2. The molecule has 8 heteroatoms. The Morgan fingerprint density at radius 1 is 0.784 bits per heavy atom. The summed E-state index contributed by atoms with van der Waals surface area (Å²) in [6, 6.07) is 11.7. The lowest BCUT2D eigenvalue weighted by Crippen LogP contribution is -2.28. The van der Waals surface area contributed by atoms with E-state index in [-0.39, 0.29) is 10.8 Å². The van der Waals surface area contributed by atoms with E-state index in [0.717, 1.165) is 37.2 Å². The minimum Gasteiger partial charge on any atom is -0.401 e. The molecule has 0 radical (unpaired) electrons. The maximum absolute atomic E-state index is 12.4. The predicted octanol–water partition coefficient (Wildman–Crippen LogP) is 10.4. The minimum absolute atomic E-state index is 0.238. The van der Waals surface area contributed by atoms with Crippen LogP contribution in [0.25, 0.3) is 0 Å². The molecule has 2 aliphatic heterocycles. The monoisotopic (exact) mass is 733 g/mol. The van der Waals surface area contributed by atoms with Crippen molar-refractivity contribution < 1.29 is 21.4 Å². The molecular weight excluding hydrogens is 673 g/mol. The molecule has 1 atom stereocenters. The Kier molecular flexibility index (Phi) is 14.3. The summed E-state index contributed by atoms with van der Waals surface area (Å²) in [6.45, 7) is 15.2. The zero-order valence-electron chi connectivity index (χ0n) is 32.3. The normalized spacial score (nSPS) is 18.1. The van der Waals surface area contributed by atoms with E-state index < -0.39 is 20.9 Å². The van der Waals surface area contributed by atoms with Gasteiger partial charge < -0.3 is 9.08 Å². The van der Waals surface area contributed by atoms with Crippen LogP contribution >= 0.6 is 0 Å². The van der Waals surface area contributed by atoms with Crippen molar-refractivity contribution >= 4 is 38.0 Å². The van der Waals surface area contributed by atoms with Gasteiger partial charge in [0, 0.05) is 60.0 Å². The summed E-state index contributed by atoms with van der Waals surface area (Å²) in [6.07, 6.45) is 29.8. The number of nitrogens with zero attached hydrogens (tertiary/aromatic N) is 2. The first-order chi connectivity index (χ1) is 24.2. The molecule has 0 bridgehead atoms. The van der Waals surface area contributed by atoms with Gasteiger partial charge in [-0.25, -0.2) is 12.6 Å². The highest BCUT2D eigenvalue weighted by atomic mass is 32.2. The van der Waals surface area contributed by atoms with Crippen molar-refractivity contribution in [3.8, 4) is 5.75 Å². The van der Waals surface area contributed by atoms with E-state index in [9.17, 15) is 12.6 Å². The predicted molar refractivity (Wildman–Crippen MR) is 217 cm³/mol. The lowest BCUT2D eigenvalue weighted by Gasteiger charge is -2.27. The second-order valence-corrected chi connectivity index (χ2v) is 18.0. The van der Waals surface area contributed by atoms with Crippen molar-refractivity contribution in [3.05, 3.63) is 95.8 Å². The van der Waals surface area contributed by atoms with E-state index in [2.05, 4.69) is 99.6 Å². The average Bonchev–Trinajstić information content (AvgIpc) is 3.41. The van der Waals surface area contributed by atoms with E-state index in [4.69, 9.17) is 4.18 Å². The van der Waals surface area contributed by atoms with E-state index in [1.807, 2.05) is 24.3 Å². The van der Waals surface area contributed by atoms with Crippen LogP contribution in [0.15, 0.2) is 89.5 Å². The van der Waals surface area contributed by atoms with Gasteiger partial charge >= 0.3 is 0 Å². The van der Waals surface area contributed by atoms with Crippen LogP contribution in [0.1, 0.15) is 117 Å². The quantitative estimate of drug-likeness (QED) is 0.0817. The van der Waals surface area contributed by atoms with Crippen molar-refractivity contribution in [1.82, 2.24) is 0 Å². The van der Waals surface area contributed by atoms with E-state index in [1.165, 1.54) is 80.3 Å². The van der Waals surface area contributed by atoms with Crippen LogP contribution in [0.3, 0.4) is 0 Å². The average molecular weight is 734 g/mol. The maximum atomic E-state index is 12.4. The Hall–Kier alpha value is -3.23. The molecule has 2 heterocycles. The number of unbranched alkanes of at least 4 members (excludes halogenated alkanes) is 8. The van der Waals surface area contributed by atoms with Crippen molar-refractivity contribution in [2.24, 2.45) is 0 Å². The van der Waals surface area contributed by atoms with Gasteiger partial charge in [-0.15, -0.1) is 0 Å². The van der Waals surface area contributed by atoms with Crippen molar-refractivity contribution in [2.75, 3.05) is 30.5 Å². The van der Waals surface area contributed by atoms with Gasteiger partial charge in [0.1, 0.15) is 12.3 Å². The van der Waals surface area contributed by atoms with Gasteiger partial charge in [-0.1, -0.05) is 103 Å². The fourth-order valence-corrected chi connectivity index (χ4v) is 8.46. The fraction of sp³-hybridized carbons (Fsp3) is 0.512. The van der Waals surface area contributed by atoms with Crippen LogP contribution in [0, 0.1) is 0 Å². The number of sulfone groups is 1. The van der Waals surface area contributed by atoms with Gasteiger partial charge in [0.2, 0.25) is 16.8 Å². The zero-order valence-corrected chi connectivity index (χ0v) is 34.0. The van der Waals surface area contributed by atoms with Crippen molar-refractivity contribution in [2.45, 2.75) is 121 Å². The third-order valence-electron chi connectivity index (χ3n) is 10.3. The molecule has 51 heavy (non-hydrogen) atoms. The van der Waals surface area contributed by atoms with E-state index in [0.29, 0.717) is 10.6 Å². The molecule has 278 valence electrons. The number of rotatable bonds is 19. The summed E-state index contributed by atoms with van der Waals surface area (Å²) in [5.41, 5.74) is 6.41. The highest BCUT2D eigenvalue weighted by molar-refractivity contribution is 7.90. The molecule has 0 fully saturated rings. The molecule has 2 aromatic rings. The minimum atomic E-state index is -3.30. The van der Waals surface area contributed by atoms with Gasteiger partial charge in [0.05, 0.1) is 10.3 Å². The summed E-state index contributed by atoms with van der Waals surface area (Å²) in [7, 11) is -3.30. The third-order valence-corrected chi connectivity index (χ3v) is 11.8. The lowest BCUT2D eigenvalue weighted by molar-refractivity contribution is -0.438. The first-order valence-electron chi connectivity index (χ1n) is 18.9. The Balaban J connectivity index is 1.56. The molecule has 2 aliphatic rings. The van der Waals surface area contributed by atoms with Gasteiger partial charge in [-0.2, -0.15) is 4.58 Å². The molecule has 1 unspecified atom stereocenters. The third kappa shape index (κ3) is 10.0. The first-order valence-corrected chi connectivity index (χ1v) is 22.3. The molecule has 0 saturated heterocycles. The summed E-state index contributed by atoms with van der Waals surface area (Å²) in [5, 5.41) is 0. The van der Waals surface area contributed by atoms with Crippen molar-refractivity contribution in [3.63, 3.8) is 0 Å². The fourth-order valence-electron chi connectivity index (χ4n) is 7.44. The highest BCUT2D eigenvalue weighted by Crippen LogP contribution is 2.48. The molecule has 0 aromatic heterocycles. The standard InChI is InChI=1S/C43H61N2O4S2/c1-9-11-13-18-22-30-44-38-28-26-34(49-50(7)46)32-36(38)42(3,4)40(44)24-20-16-15-17-21-25-41-43(5,6)37-33-35(51(8,47)48)27-29-39(37)45(41)31-23-19-14-12-10-2/h15-17,20-21,24-29,32-33H,9-14,18-19,22-23,30-31H2,1-8H3/q+1. The summed E-state index contributed by atoms with van der Waals surface area (Å²) in [5.74, 6) is 0.634. The summed E-state index contributed by atoms with van der Waals surface area (Å²) < 4.78 is 44.7. The maximum Gasteiger partial charge on any atom is 0.210 e. The topological polar surface area (TPSA) is 66.7 Å². The van der Waals surface area contributed by atoms with Crippen molar-refractivity contribution in [1.29, 1.82) is 0 Å². The number of anilines is 1. The molecule has 2 aromatic carbocycles. The molecule has 0 aliphatic carbocycles. The van der Waals surface area contributed by atoms with Gasteiger partial charge in [0.15, 0.2) is 15.5 Å². The largest absolute Gasteiger partial charge is 0.401 e. The van der Waals surface area contributed by atoms with Crippen LogP contribution in [-0.4, -0.2) is 48.5 Å². The molecule has 0 saturated carbocycles. The molecule has 0 amide bonds. The smallest absolute Gasteiger partial charge is 0.210 e. The number of benzene rings is 2. The number of allylic oxidation sites excluding steroid dienone is 8. The Morgan fingerprint density at radius 3 is 2.10 bits per heavy atom. The Labute approximate surface area is 311 Å². The molecule has 6 nitrogen and oxygen atoms in total. The molecule has 0 spiro atoms. The molecular formula is C43H61N2O4S2+. The summed E-state index contributed by atoms with van der Waals surface area (Å²) >= 11 is -1.38. The Morgan fingerprint density at radius 2 is 1.43 bits per heavy atom. The molecule has 0 N–H and O–H groups in total.